The first-order chi connectivity index (χ1) is 13.7. The Morgan fingerprint density at radius 1 is 0.786 bits per heavy atom. The van der Waals surface area contributed by atoms with Crippen LogP contribution in [0.5, 0.6) is 0 Å². The second-order valence-electron chi connectivity index (χ2n) is 6.62. The molecule has 5 heteroatoms. The molecule has 0 saturated heterocycles. The van der Waals surface area contributed by atoms with Crippen LogP contribution in [0.2, 0.25) is 0 Å². The average Bonchev–Trinajstić information content (AvgIpc) is 3.06. The van der Waals surface area contributed by atoms with Gasteiger partial charge in [0.25, 0.3) is 0 Å². The molecule has 0 saturated carbocycles. The van der Waals surface area contributed by atoms with Crippen LogP contribution in [0, 0.1) is 0 Å². The highest BCUT2D eigenvalue weighted by atomic mass is 16.3. The van der Waals surface area contributed by atoms with E-state index in [-0.39, 0.29) is 18.2 Å². The Labute approximate surface area is 162 Å². The lowest BCUT2D eigenvalue weighted by Gasteiger charge is -2.07. The van der Waals surface area contributed by atoms with Gasteiger partial charge in [-0.15, -0.1) is 0 Å². The first-order valence-electron chi connectivity index (χ1n) is 9.21. The topological polar surface area (TPSA) is 71.3 Å². The molecule has 2 N–H and O–H groups in total. The summed E-state index contributed by atoms with van der Waals surface area (Å²) in [6.07, 6.45) is 0.518. The van der Waals surface area contributed by atoms with Crippen molar-refractivity contribution in [2.75, 3.05) is 11.9 Å². The summed E-state index contributed by atoms with van der Waals surface area (Å²) in [5, 5.41) is 7.70. The standard InChI is InChI=1S/C23H20N2O3/c26-22(12-13-24-23(27)14-16-6-2-1-3-7-16)25-17-10-11-19-18-8-4-5-9-20(18)28-21(19)15-17/h1-11,15H,12-14H2,(H,24,27)(H,25,26). The van der Waals surface area contributed by atoms with Crippen LogP contribution in [-0.2, 0) is 16.0 Å². The molecule has 0 radical (unpaired) electrons. The zero-order valence-corrected chi connectivity index (χ0v) is 15.3. The molecule has 4 aromatic rings. The van der Waals surface area contributed by atoms with E-state index in [1.807, 2.05) is 72.8 Å². The molecule has 1 heterocycles. The maximum atomic E-state index is 12.2. The number of carbonyl (C=O) groups excluding carboxylic acids is 2. The van der Waals surface area contributed by atoms with Crippen LogP contribution in [0.3, 0.4) is 0 Å². The number of nitrogens with one attached hydrogen (secondary N) is 2. The monoisotopic (exact) mass is 372 g/mol. The molecule has 0 spiro atoms. The maximum Gasteiger partial charge on any atom is 0.226 e. The van der Waals surface area contributed by atoms with Crippen molar-refractivity contribution in [3.05, 3.63) is 78.4 Å². The van der Waals surface area contributed by atoms with E-state index in [2.05, 4.69) is 10.6 Å². The number of hydrogen-bond acceptors (Lipinski definition) is 3. The third-order valence-corrected chi connectivity index (χ3v) is 4.54. The van der Waals surface area contributed by atoms with Gasteiger partial charge in [0.1, 0.15) is 11.2 Å². The molecule has 0 bridgehead atoms. The van der Waals surface area contributed by atoms with Crippen LogP contribution in [-0.4, -0.2) is 18.4 Å². The van der Waals surface area contributed by atoms with Crippen LogP contribution in [0.25, 0.3) is 21.9 Å². The molecule has 0 unspecified atom stereocenters. The Kier molecular flexibility index (Phi) is 5.06. The normalized spacial score (nSPS) is 10.9. The summed E-state index contributed by atoms with van der Waals surface area (Å²) in [7, 11) is 0. The van der Waals surface area contributed by atoms with Crippen molar-refractivity contribution in [1.82, 2.24) is 5.32 Å². The highest BCUT2D eigenvalue weighted by Gasteiger charge is 2.09. The highest BCUT2D eigenvalue weighted by Crippen LogP contribution is 2.30. The van der Waals surface area contributed by atoms with Gasteiger partial charge in [-0.2, -0.15) is 0 Å². The Balaban J connectivity index is 1.31. The number of anilines is 1. The lowest BCUT2D eigenvalue weighted by Crippen LogP contribution is -2.28. The van der Waals surface area contributed by atoms with Gasteiger partial charge in [-0.1, -0.05) is 48.5 Å². The van der Waals surface area contributed by atoms with E-state index in [0.717, 1.165) is 27.5 Å². The number of amides is 2. The number of carbonyl (C=O) groups is 2. The molecule has 0 fully saturated rings. The van der Waals surface area contributed by atoms with Gasteiger partial charge in [0.2, 0.25) is 11.8 Å². The summed E-state index contributed by atoms with van der Waals surface area (Å²) >= 11 is 0. The summed E-state index contributed by atoms with van der Waals surface area (Å²) in [4.78, 5) is 24.1. The van der Waals surface area contributed by atoms with Crippen molar-refractivity contribution < 1.29 is 14.0 Å². The highest BCUT2D eigenvalue weighted by molar-refractivity contribution is 6.06. The lowest BCUT2D eigenvalue weighted by molar-refractivity contribution is -0.120. The summed E-state index contributed by atoms with van der Waals surface area (Å²) in [6, 6.07) is 23.0. The van der Waals surface area contributed by atoms with E-state index in [1.54, 1.807) is 0 Å². The van der Waals surface area contributed by atoms with E-state index in [9.17, 15) is 9.59 Å². The number of hydrogen-bond donors (Lipinski definition) is 2. The Bertz CT molecular complexity index is 1130. The van der Waals surface area contributed by atoms with Gasteiger partial charge in [0, 0.05) is 35.5 Å². The summed E-state index contributed by atoms with van der Waals surface area (Å²) in [5.74, 6) is -0.252. The molecule has 140 valence electrons. The van der Waals surface area contributed by atoms with E-state index < -0.39 is 0 Å². The van der Waals surface area contributed by atoms with E-state index in [0.29, 0.717) is 18.7 Å². The molecular weight excluding hydrogens is 352 g/mol. The molecule has 1 aromatic heterocycles. The fourth-order valence-electron chi connectivity index (χ4n) is 3.19. The molecule has 2 amide bonds. The molecule has 28 heavy (non-hydrogen) atoms. The van der Waals surface area contributed by atoms with Crippen LogP contribution in [0.4, 0.5) is 5.69 Å². The van der Waals surface area contributed by atoms with E-state index in [1.165, 1.54) is 0 Å². The fourth-order valence-corrected chi connectivity index (χ4v) is 3.19. The predicted octanol–water partition coefficient (Wildman–Crippen LogP) is 4.27. The van der Waals surface area contributed by atoms with Crippen LogP contribution in [0.1, 0.15) is 12.0 Å². The molecule has 0 atom stereocenters. The van der Waals surface area contributed by atoms with Crippen molar-refractivity contribution in [2.45, 2.75) is 12.8 Å². The zero-order chi connectivity index (χ0) is 19.3. The van der Waals surface area contributed by atoms with Gasteiger partial charge in [0.05, 0.1) is 6.42 Å². The number of benzene rings is 3. The lowest BCUT2D eigenvalue weighted by atomic mass is 10.1. The molecule has 4 rings (SSSR count). The molecule has 0 aliphatic carbocycles. The van der Waals surface area contributed by atoms with Crippen molar-refractivity contribution in [3.63, 3.8) is 0 Å². The SMILES string of the molecule is O=C(Cc1ccccc1)NCCC(=O)Nc1ccc2c(c1)oc1ccccc12. The largest absolute Gasteiger partial charge is 0.456 e. The first kappa shape index (κ1) is 17.8. The third-order valence-electron chi connectivity index (χ3n) is 4.54. The quantitative estimate of drug-likeness (QED) is 0.531. The minimum atomic E-state index is -0.157. The van der Waals surface area contributed by atoms with Crippen LogP contribution >= 0.6 is 0 Å². The number of fused-ring (bicyclic) bond motifs is 3. The summed E-state index contributed by atoms with van der Waals surface area (Å²) in [5.41, 5.74) is 3.17. The number of rotatable bonds is 6. The molecule has 5 nitrogen and oxygen atoms in total. The maximum absolute atomic E-state index is 12.2. The number of para-hydroxylation sites is 1. The van der Waals surface area contributed by atoms with Gasteiger partial charge in [-0.25, -0.2) is 0 Å². The average molecular weight is 372 g/mol. The summed E-state index contributed by atoms with van der Waals surface area (Å²) in [6.45, 7) is 0.296. The smallest absolute Gasteiger partial charge is 0.226 e. The van der Waals surface area contributed by atoms with E-state index in [4.69, 9.17) is 4.42 Å². The second-order valence-corrected chi connectivity index (χ2v) is 6.62. The van der Waals surface area contributed by atoms with Gasteiger partial charge >= 0.3 is 0 Å². The van der Waals surface area contributed by atoms with Crippen LogP contribution in [0.15, 0.2) is 77.2 Å². The predicted molar refractivity (Wildman–Crippen MR) is 110 cm³/mol. The van der Waals surface area contributed by atoms with Gasteiger partial charge < -0.3 is 15.1 Å². The molecule has 3 aromatic carbocycles. The minimum absolute atomic E-state index is 0.0947. The van der Waals surface area contributed by atoms with Crippen molar-refractivity contribution >= 4 is 39.4 Å². The summed E-state index contributed by atoms with van der Waals surface area (Å²) < 4.78 is 5.84. The third kappa shape index (κ3) is 4.04. The van der Waals surface area contributed by atoms with Gasteiger partial charge in [-0.3, -0.25) is 9.59 Å². The van der Waals surface area contributed by atoms with Crippen molar-refractivity contribution in [3.8, 4) is 0 Å². The van der Waals surface area contributed by atoms with Gasteiger partial charge in [-0.05, 0) is 23.8 Å². The molecule has 0 aliphatic heterocycles. The molecular formula is C23H20N2O3. The Morgan fingerprint density at radius 3 is 2.39 bits per heavy atom. The Hall–Kier alpha value is -3.60. The zero-order valence-electron chi connectivity index (χ0n) is 15.3. The number of furan rings is 1. The Morgan fingerprint density at radius 2 is 1.54 bits per heavy atom. The van der Waals surface area contributed by atoms with Crippen LogP contribution < -0.4 is 10.6 Å². The van der Waals surface area contributed by atoms with Crippen molar-refractivity contribution in [2.24, 2.45) is 0 Å². The van der Waals surface area contributed by atoms with Crippen molar-refractivity contribution in [1.29, 1.82) is 0 Å². The van der Waals surface area contributed by atoms with E-state index >= 15 is 0 Å². The first-order valence-corrected chi connectivity index (χ1v) is 9.21. The molecule has 0 aliphatic rings. The fraction of sp³-hybridized carbons (Fsp3) is 0.130. The minimum Gasteiger partial charge on any atom is -0.456 e. The second kappa shape index (κ2) is 7.96. The van der Waals surface area contributed by atoms with Gasteiger partial charge in [0.15, 0.2) is 0 Å².